The highest BCUT2D eigenvalue weighted by molar-refractivity contribution is 7.80. The third-order valence-electron chi connectivity index (χ3n) is 2.60. The minimum absolute atomic E-state index is 0.746. The van der Waals surface area contributed by atoms with Crippen molar-refractivity contribution in [2.24, 2.45) is 0 Å². The second kappa shape index (κ2) is 4.08. The highest BCUT2D eigenvalue weighted by atomic mass is 32.1. The number of rotatable bonds is 1. The molecular weight excluding hydrogens is 190 g/mol. The van der Waals surface area contributed by atoms with Crippen molar-refractivity contribution >= 4 is 12.6 Å². The molecule has 1 aromatic carbocycles. The molecule has 14 heavy (non-hydrogen) atoms. The molecule has 0 aromatic heterocycles. The van der Waals surface area contributed by atoms with E-state index >= 15 is 0 Å². The maximum absolute atomic E-state index is 5.30. The molecule has 1 nitrogen and oxygen atoms in total. The standard InChI is InChI=1S/C12H13NS/c1-2-6-13-7-5-10-3-4-12(14)8-11(10)9-13/h1,3-4,8,14H,5-7,9H2. The largest absolute Gasteiger partial charge is 0.288 e. The lowest BCUT2D eigenvalue weighted by Crippen LogP contribution is -2.30. The van der Waals surface area contributed by atoms with Crippen molar-refractivity contribution in [1.29, 1.82) is 0 Å². The molecule has 1 aliphatic rings. The molecule has 1 aliphatic heterocycles. The summed E-state index contributed by atoms with van der Waals surface area (Å²) in [6, 6.07) is 6.37. The molecule has 0 unspecified atom stereocenters. The van der Waals surface area contributed by atoms with Crippen LogP contribution in [-0.2, 0) is 13.0 Å². The van der Waals surface area contributed by atoms with Crippen LogP contribution in [0.1, 0.15) is 11.1 Å². The molecule has 2 rings (SSSR count). The minimum Gasteiger partial charge on any atom is -0.288 e. The first kappa shape index (κ1) is 9.64. The molecular formula is C12H13NS. The molecule has 0 spiro atoms. The smallest absolute Gasteiger partial charge is 0.0601 e. The number of benzene rings is 1. The summed E-state index contributed by atoms with van der Waals surface area (Å²) in [4.78, 5) is 3.32. The molecule has 0 saturated heterocycles. The highest BCUT2D eigenvalue weighted by Gasteiger charge is 2.14. The van der Waals surface area contributed by atoms with Crippen molar-refractivity contribution in [1.82, 2.24) is 4.90 Å². The lowest BCUT2D eigenvalue weighted by Gasteiger charge is -2.27. The summed E-state index contributed by atoms with van der Waals surface area (Å²) < 4.78 is 0. The Kier molecular flexibility index (Phi) is 2.81. The van der Waals surface area contributed by atoms with E-state index in [0.29, 0.717) is 0 Å². The predicted molar refractivity (Wildman–Crippen MR) is 61.5 cm³/mol. The number of nitrogens with zero attached hydrogens (tertiary/aromatic N) is 1. The van der Waals surface area contributed by atoms with Crippen LogP contribution in [0.2, 0.25) is 0 Å². The molecule has 1 aromatic rings. The highest BCUT2D eigenvalue weighted by Crippen LogP contribution is 2.21. The van der Waals surface area contributed by atoms with Gasteiger partial charge in [-0.25, -0.2) is 0 Å². The molecule has 72 valence electrons. The van der Waals surface area contributed by atoms with Gasteiger partial charge in [0.15, 0.2) is 0 Å². The zero-order valence-corrected chi connectivity index (χ0v) is 8.93. The van der Waals surface area contributed by atoms with Gasteiger partial charge in [0.1, 0.15) is 0 Å². The lowest BCUT2D eigenvalue weighted by molar-refractivity contribution is 0.286. The molecule has 0 amide bonds. The Labute approximate surface area is 90.5 Å². The third kappa shape index (κ3) is 1.95. The molecule has 0 N–H and O–H groups in total. The zero-order valence-electron chi connectivity index (χ0n) is 8.03. The van der Waals surface area contributed by atoms with Gasteiger partial charge in [0.2, 0.25) is 0 Å². The second-order valence-corrected chi connectivity index (χ2v) is 4.13. The Morgan fingerprint density at radius 3 is 3.07 bits per heavy atom. The van der Waals surface area contributed by atoms with Crippen LogP contribution in [0.3, 0.4) is 0 Å². The molecule has 0 saturated carbocycles. The molecule has 1 heterocycles. The first-order chi connectivity index (χ1) is 6.79. The average molecular weight is 203 g/mol. The van der Waals surface area contributed by atoms with Crippen LogP contribution in [0.25, 0.3) is 0 Å². The number of terminal acetylenes is 1. The Balaban J connectivity index is 2.21. The van der Waals surface area contributed by atoms with Crippen LogP contribution in [0, 0.1) is 12.3 Å². The molecule has 0 atom stereocenters. The van der Waals surface area contributed by atoms with E-state index in [-0.39, 0.29) is 0 Å². The minimum atomic E-state index is 0.746. The summed E-state index contributed by atoms with van der Waals surface area (Å²) in [6.07, 6.45) is 6.40. The van der Waals surface area contributed by atoms with Gasteiger partial charge in [-0.3, -0.25) is 4.90 Å². The lowest BCUT2D eigenvalue weighted by atomic mass is 10.00. The molecule has 0 radical (unpaired) electrons. The van der Waals surface area contributed by atoms with Crippen molar-refractivity contribution in [2.75, 3.05) is 13.1 Å². The number of thiol groups is 1. The number of fused-ring (bicyclic) bond motifs is 1. The fraction of sp³-hybridized carbons (Fsp3) is 0.333. The monoisotopic (exact) mass is 203 g/mol. The van der Waals surface area contributed by atoms with Gasteiger partial charge in [0.25, 0.3) is 0 Å². The van der Waals surface area contributed by atoms with E-state index in [1.54, 1.807) is 0 Å². The summed E-state index contributed by atoms with van der Waals surface area (Å²) in [5, 5.41) is 0. The van der Waals surface area contributed by atoms with E-state index in [4.69, 9.17) is 6.42 Å². The first-order valence-corrected chi connectivity index (χ1v) is 5.21. The molecule has 0 fully saturated rings. The summed E-state index contributed by atoms with van der Waals surface area (Å²) in [6.45, 7) is 2.79. The van der Waals surface area contributed by atoms with Gasteiger partial charge in [0.05, 0.1) is 6.54 Å². The predicted octanol–water partition coefficient (Wildman–Crippen LogP) is 1.97. The van der Waals surface area contributed by atoms with Crippen LogP contribution >= 0.6 is 12.6 Å². The van der Waals surface area contributed by atoms with Crippen molar-refractivity contribution < 1.29 is 0 Å². The molecule has 2 heteroatoms. The van der Waals surface area contributed by atoms with E-state index in [9.17, 15) is 0 Å². The Morgan fingerprint density at radius 1 is 1.43 bits per heavy atom. The first-order valence-electron chi connectivity index (χ1n) is 4.76. The van der Waals surface area contributed by atoms with Crippen molar-refractivity contribution in [3.8, 4) is 12.3 Å². The van der Waals surface area contributed by atoms with E-state index in [1.807, 2.05) is 0 Å². The van der Waals surface area contributed by atoms with Crippen molar-refractivity contribution in [3.63, 3.8) is 0 Å². The van der Waals surface area contributed by atoms with Crippen LogP contribution in [-0.4, -0.2) is 18.0 Å². The topological polar surface area (TPSA) is 3.24 Å². The normalized spacial score (nSPS) is 16.0. The summed E-state index contributed by atoms with van der Waals surface area (Å²) >= 11 is 4.34. The Bertz CT molecular complexity index is 378. The van der Waals surface area contributed by atoms with E-state index < -0.39 is 0 Å². The van der Waals surface area contributed by atoms with Gasteiger partial charge in [-0.2, -0.15) is 0 Å². The van der Waals surface area contributed by atoms with Gasteiger partial charge in [-0.15, -0.1) is 19.1 Å². The van der Waals surface area contributed by atoms with Crippen LogP contribution in [0.4, 0.5) is 0 Å². The van der Waals surface area contributed by atoms with Gasteiger partial charge < -0.3 is 0 Å². The number of hydrogen-bond donors (Lipinski definition) is 1. The van der Waals surface area contributed by atoms with Crippen molar-refractivity contribution in [3.05, 3.63) is 29.3 Å². The maximum atomic E-state index is 5.30. The van der Waals surface area contributed by atoms with Crippen LogP contribution in [0.5, 0.6) is 0 Å². The van der Waals surface area contributed by atoms with Gasteiger partial charge in [-0.1, -0.05) is 12.0 Å². The molecule has 0 bridgehead atoms. The zero-order chi connectivity index (χ0) is 9.97. The van der Waals surface area contributed by atoms with Gasteiger partial charge in [0, 0.05) is 18.0 Å². The Morgan fingerprint density at radius 2 is 2.29 bits per heavy atom. The van der Waals surface area contributed by atoms with Crippen LogP contribution in [0.15, 0.2) is 23.1 Å². The Hall–Kier alpha value is -0.910. The number of hydrogen-bond acceptors (Lipinski definition) is 2. The molecule has 0 aliphatic carbocycles. The van der Waals surface area contributed by atoms with Crippen LogP contribution < -0.4 is 0 Å². The van der Waals surface area contributed by atoms with Gasteiger partial charge >= 0.3 is 0 Å². The maximum Gasteiger partial charge on any atom is 0.0601 e. The fourth-order valence-corrected chi connectivity index (χ4v) is 2.10. The fourth-order valence-electron chi connectivity index (χ4n) is 1.87. The summed E-state index contributed by atoms with van der Waals surface area (Å²) in [5.74, 6) is 2.69. The SMILES string of the molecule is C#CCN1CCc2ccc(S)cc2C1. The van der Waals surface area contributed by atoms with E-state index in [1.165, 1.54) is 11.1 Å². The van der Waals surface area contributed by atoms with E-state index in [0.717, 1.165) is 31.0 Å². The summed E-state index contributed by atoms with van der Waals surface area (Å²) in [5.41, 5.74) is 2.81. The second-order valence-electron chi connectivity index (χ2n) is 3.62. The third-order valence-corrected chi connectivity index (χ3v) is 2.87. The summed E-state index contributed by atoms with van der Waals surface area (Å²) in [7, 11) is 0. The average Bonchev–Trinajstić information content (AvgIpc) is 2.17. The quantitative estimate of drug-likeness (QED) is 0.539. The van der Waals surface area contributed by atoms with Gasteiger partial charge in [-0.05, 0) is 29.7 Å². The van der Waals surface area contributed by atoms with Crippen molar-refractivity contribution in [2.45, 2.75) is 17.9 Å². The van der Waals surface area contributed by atoms with E-state index in [2.05, 4.69) is 41.6 Å².